The van der Waals surface area contributed by atoms with Crippen molar-refractivity contribution in [2.45, 2.75) is 12.7 Å². The molecule has 0 unspecified atom stereocenters. The molecule has 0 aromatic heterocycles. The first kappa shape index (κ1) is 14.2. The number of carbonyl (C=O) groups excluding carboxylic acids is 1. The van der Waals surface area contributed by atoms with E-state index in [1.54, 1.807) is 5.32 Å². The van der Waals surface area contributed by atoms with Gasteiger partial charge in [0.1, 0.15) is 18.2 Å². The predicted octanol–water partition coefficient (Wildman–Crippen LogP) is 2.33. The lowest BCUT2D eigenvalue weighted by atomic mass is 10.2. The van der Waals surface area contributed by atoms with Crippen LogP contribution in [0.3, 0.4) is 0 Å². The van der Waals surface area contributed by atoms with Gasteiger partial charge in [-0.3, -0.25) is 0 Å². The third-order valence-electron chi connectivity index (χ3n) is 1.90. The molecule has 0 aliphatic rings. The number of benzene rings is 1. The van der Waals surface area contributed by atoms with Crippen LogP contribution in [0.25, 0.3) is 0 Å². The summed E-state index contributed by atoms with van der Waals surface area (Å²) >= 11 is 0. The second-order valence-corrected chi connectivity index (χ2v) is 3.39. The van der Waals surface area contributed by atoms with Gasteiger partial charge in [-0.2, -0.15) is 13.2 Å². The van der Waals surface area contributed by atoms with Gasteiger partial charge in [0.05, 0.1) is 0 Å². The van der Waals surface area contributed by atoms with Crippen molar-refractivity contribution in [3.63, 3.8) is 0 Å². The van der Waals surface area contributed by atoms with Crippen molar-refractivity contribution in [3.8, 4) is 0 Å². The third-order valence-corrected chi connectivity index (χ3v) is 1.90. The number of alkyl halides is 3. The van der Waals surface area contributed by atoms with Crippen LogP contribution in [0.1, 0.15) is 5.56 Å². The molecular weight excluding hydrogens is 259 g/mol. The van der Waals surface area contributed by atoms with Gasteiger partial charge in [0.2, 0.25) is 0 Å². The molecule has 8 heteroatoms. The lowest BCUT2D eigenvalue weighted by Crippen LogP contribution is -2.40. The smallest absolute Gasteiger partial charge is 0.334 e. The second-order valence-electron chi connectivity index (χ2n) is 3.39. The molecule has 0 radical (unpaired) electrons. The van der Waals surface area contributed by atoms with E-state index in [9.17, 15) is 26.7 Å². The van der Waals surface area contributed by atoms with Crippen LogP contribution in [-0.4, -0.2) is 18.8 Å². The highest BCUT2D eigenvalue weighted by Gasteiger charge is 2.27. The zero-order valence-electron chi connectivity index (χ0n) is 8.94. The summed E-state index contributed by atoms with van der Waals surface area (Å²) in [6, 6.07) is 1.60. The van der Waals surface area contributed by atoms with Gasteiger partial charge >= 0.3 is 12.2 Å². The van der Waals surface area contributed by atoms with E-state index in [1.165, 1.54) is 0 Å². The Hall–Kier alpha value is -1.86. The minimum atomic E-state index is -4.52. The van der Waals surface area contributed by atoms with Crippen molar-refractivity contribution in [1.82, 2.24) is 10.6 Å². The second kappa shape index (κ2) is 5.65. The normalized spacial score (nSPS) is 11.2. The van der Waals surface area contributed by atoms with Crippen LogP contribution >= 0.6 is 0 Å². The van der Waals surface area contributed by atoms with Crippen LogP contribution in [0, 0.1) is 11.6 Å². The maximum Gasteiger partial charge on any atom is 0.405 e. The third kappa shape index (κ3) is 4.98. The topological polar surface area (TPSA) is 41.1 Å². The van der Waals surface area contributed by atoms with Gasteiger partial charge in [-0.25, -0.2) is 13.6 Å². The summed E-state index contributed by atoms with van der Waals surface area (Å²) < 4.78 is 60.8. The molecule has 2 N–H and O–H groups in total. The highest BCUT2D eigenvalue weighted by atomic mass is 19.4. The minimum Gasteiger partial charge on any atom is -0.334 e. The molecule has 0 atom stereocenters. The van der Waals surface area contributed by atoms with Crippen LogP contribution in [0.5, 0.6) is 0 Å². The molecule has 1 rings (SSSR count). The SMILES string of the molecule is O=C(NCc1ccc(F)cc1F)NCC(F)(F)F. The summed E-state index contributed by atoms with van der Waals surface area (Å²) in [7, 11) is 0. The van der Waals surface area contributed by atoms with E-state index >= 15 is 0 Å². The quantitative estimate of drug-likeness (QED) is 0.812. The number of amides is 2. The van der Waals surface area contributed by atoms with E-state index in [2.05, 4.69) is 0 Å². The Kier molecular flexibility index (Phi) is 4.46. The molecule has 0 saturated carbocycles. The first-order valence-electron chi connectivity index (χ1n) is 4.80. The van der Waals surface area contributed by atoms with E-state index in [1.807, 2.05) is 5.32 Å². The molecule has 0 aliphatic heterocycles. The van der Waals surface area contributed by atoms with Crippen LogP contribution in [0.15, 0.2) is 18.2 Å². The molecule has 0 saturated heterocycles. The molecule has 0 bridgehead atoms. The molecule has 0 fully saturated rings. The number of urea groups is 1. The summed E-state index contributed by atoms with van der Waals surface area (Å²) in [4.78, 5) is 10.9. The van der Waals surface area contributed by atoms with Crippen molar-refractivity contribution in [2.75, 3.05) is 6.54 Å². The zero-order chi connectivity index (χ0) is 13.8. The van der Waals surface area contributed by atoms with Crippen molar-refractivity contribution >= 4 is 6.03 Å². The van der Waals surface area contributed by atoms with Crippen LogP contribution < -0.4 is 10.6 Å². The van der Waals surface area contributed by atoms with Crippen molar-refractivity contribution in [3.05, 3.63) is 35.4 Å². The van der Waals surface area contributed by atoms with Gasteiger partial charge in [0.25, 0.3) is 0 Å². The summed E-state index contributed by atoms with van der Waals surface area (Å²) in [5.74, 6) is -1.66. The highest BCUT2D eigenvalue weighted by molar-refractivity contribution is 5.73. The number of hydrogen-bond acceptors (Lipinski definition) is 1. The molecule has 18 heavy (non-hydrogen) atoms. The van der Waals surface area contributed by atoms with E-state index in [0.717, 1.165) is 12.1 Å². The van der Waals surface area contributed by atoms with Crippen molar-refractivity contribution in [1.29, 1.82) is 0 Å². The standard InChI is InChI=1S/C10H9F5N2O/c11-7-2-1-6(8(12)3-7)4-16-9(18)17-5-10(13,14)15/h1-3H,4-5H2,(H2,16,17,18). The summed E-state index contributed by atoms with van der Waals surface area (Å²) in [6.45, 7) is -1.82. The van der Waals surface area contributed by atoms with E-state index < -0.39 is 30.4 Å². The first-order valence-corrected chi connectivity index (χ1v) is 4.80. The van der Waals surface area contributed by atoms with Crippen LogP contribution in [-0.2, 0) is 6.54 Å². The van der Waals surface area contributed by atoms with E-state index in [0.29, 0.717) is 6.07 Å². The number of carbonyl (C=O) groups is 1. The number of nitrogens with one attached hydrogen (secondary N) is 2. The molecule has 1 aromatic carbocycles. The fourth-order valence-electron chi connectivity index (χ4n) is 1.08. The van der Waals surface area contributed by atoms with Crippen LogP contribution in [0.4, 0.5) is 26.7 Å². The highest BCUT2D eigenvalue weighted by Crippen LogP contribution is 2.12. The number of rotatable bonds is 3. The molecule has 2 amide bonds. The lowest BCUT2D eigenvalue weighted by Gasteiger charge is -2.10. The Morgan fingerprint density at radius 1 is 1.17 bits per heavy atom. The average Bonchev–Trinajstić information content (AvgIpc) is 2.24. The Balaban J connectivity index is 2.43. The molecule has 0 heterocycles. The Bertz CT molecular complexity index is 433. The van der Waals surface area contributed by atoms with Crippen LogP contribution in [0.2, 0.25) is 0 Å². The van der Waals surface area contributed by atoms with Gasteiger partial charge in [0.15, 0.2) is 0 Å². The maximum atomic E-state index is 13.1. The summed E-state index contributed by atoms with van der Waals surface area (Å²) in [6.07, 6.45) is -4.52. The Labute approximate surface area is 99.0 Å². The minimum absolute atomic E-state index is 0.0291. The molecule has 0 aliphatic carbocycles. The fourth-order valence-corrected chi connectivity index (χ4v) is 1.08. The van der Waals surface area contributed by atoms with Gasteiger partial charge in [0, 0.05) is 18.2 Å². The number of hydrogen-bond donors (Lipinski definition) is 2. The molecular formula is C10H9F5N2O. The summed E-state index contributed by atoms with van der Waals surface area (Å²) in [5, 5.41) is 3.57. The predicted molar refractivity (Wildman–Crippen MR) is 52.7 cm³/mol. The molecule has 100 valence electrons. The molecule has 3 nitrogen and oxygen atoms in total. The summed E-state index contributed by atoms with van der Waals surface area (Å²) in [5.41, 5.74) is -0.0291. The largest absolute Gasteiger partial charge is 0.405 e. The molecule has 0 spiro atoms. The maximum absolute atomic E-state index is 13.1. The zero-order valence-corrected chi connectivity index (χ0v) is 8.94. The Morgan fingerprint density at radius 3 is 2.39 bits per heavy atom. The lowest BCUT2D eigenvalue weighted by molar-refractivity contribution is -0.122. The average molecular weight is 268 g/mol. The van der Waals surface area contributed by atoms with Gasteiger partial charge < -0.3 is 10.6 Å². The van der Waals surface area contributed by atoms with Gasteiger partial charge in [-0.1, -0.05) is 6.07 Å². The van der Waals surface area contributed by atoms with E-state index in [4.69, 9.17) is 0 Å². The number of halogens is 5. The van der Waals surface area contributed by atoms with Crippen molar-refractivity contribution in [2.24, 2.45) is 0 Å². The van der Waals surface area contributed by atoms with Gasteiger partial charge in [-0.05, 0) is 6.07 Å². The van der Waals surface area contributed by atoms with E-state index in [-0.39, 0.29) is 12.1 Å². The monoisotopic (exact) mass is 268 g/mol. The fraction of sp³-hybridized carbons (Fsp3) is 0.300. The van der Waals surface area contributed by atoms with Gasteiger partial charge in [-0.15, -0.1) is 0 Å². The first-order chi connectivity index (χ1) is 8.28. The Morgan fingerprint density at radius 2 is 1.83 bits per heavy atom. The molecule has 1 aromatic rings. The van der Waals surface area contributed by atoms with Crippen molar-refractivity contribution < 1.29 is 26.7 Å².